The summed E-state index contributed by atoms with van der Waals surface area (Å²) in [5.74, 6) is 0.253. The number of ketones is 1. The van der Waals surface area contributed by atoms with Gasteiger partial charge in [-0.05, 0) is 57.7 Å². The molecule has 19 heavy (non-hydrogen) atoms. The highest BCUT2D eigenvalue weighted by molar-refractivity contribution is 5.97. The average molecular weight is 259 g/mol. The Kier molecular flexibility index (Phi) is 4.41. The van der Waals surface area contributed by atoms with Gasteiger partial charge in [-0.25, -0.2) is 0 Å². The molecule has 1 aliphatic rings. The first-order valence-corrected chi connectivity index (χ1v) is 7.35. The van der Waals surface area contributed by atoms with Crippen LogP contribution in [0, 0.1) is 13.8 Å². The van der Waals surface area contributed by atoms with Crippen molar-refractivity contribution in [3.8, 4) is 0 Å². The van der Waals surface area contributed by atoms with E-state index in [0.717, 1.165) is 5.56 Å². The van der Waals surface area contributed by atoms with Gasteiger partial charge in [0.1, 0.15) is 0 Å². The van der Waals surface area contributed by atoms with Crippen LogP contribution in [0.2, 0.25) is 0 Å². The van der Waals surface area contributed by atoms with Gasteiger partial charge in [0.15, 0.2) is 5.78 Å². The van der Waals surface area contributed by atoms with Crippen molar-refractivity contribution in [2.24, 2.45) is 0 Å². The fraction of sp³-hybridized carbons (Fsp3) is 0.588. The van der Waals surface area contributed by atoms with Gasteiger partial charge < -0.3 is 0 Å². The number of carbonyl (C=O) groups excluding carboxylic acids is 1. The van der Waals surface area contributed by atoms with Crippen molar-refractivity contribution in [1.82, 2.24) is 4.90 Å². The Morgan fingerprint density at radius 2 is 1.79 bits per heavy atom. The highest BCUT2D eigenvalue weighted by Gasteiger charge is 2.26. The Hall–Kier alpha value is -1.15. The minimum absolute atomic E-state index is 0.253. The lowest BCUT2D eigenvalue weighted by Gasteiger charge is -2.38. The van der Waals surface area contributed by atoms with Gasteiger partial charge in [0.2, 0.25) is 0 Å². The SMILES string of the molecule is Cc1ccc(C(=O)CN2[C@@H](C)CCC[C@@H]2C)cc1C. The first-order valence-electron chi connectivity index (χ1n) is 7.35. The minimum atomic E-state index is 0.253. The molecule has 1 aromatic carbocycles. The van der Waals surface area contributed by atoms with Crippen LogP contribution < -0.4 is 0 Å². The van der Waals surface area contributed by atoms with Crippen LogP contribution in [-0.4, -0.2) is 29.3 Å². The third kappa shape index (κ3) is 3.24. The normalized spacial score (nSPS) is 24.4. The Bertz CT molecular complexity index is 456. The minimum Gasteiger partial charge on any atom is -0.293 e. The molecule has 104 valence electrons. The second kappa shape index (κ2) is 5.87. The molecule has 0 unspecified atom stereocenters. The number of benzene rings is 1. The summed E-state index contributed by atoms with van der Waals surface area (Å²) >= 11 is 0. The van der Waals surface area contributed by atoms with Gasteiger partial charge in [-0.1, -0.05) is 18.6 Å². The number of aryl methyl sites for hydroxylation is 2. The largest absolute Gasteiger partial charge is 0.293 e. The second-order valence-electron chi connectivity index (χ2n) is 6.02. The first-order chi connectivity index (χ1) is 8.99. The van der Waals surface area contributed by atoms with Crippen LogP contribution in [0.3, 0.4) is 0 Å². The zero-order valence-corrected chi connectivity index (χ0v) is 12.6. The molecule has 0 radical (unpaired) electrons. The number of carbonyl (C=O) groups is 1. The van der Waals surface area contributed by atoms with E-state index in [1.54, 1.807) is 0 Å². The zero-order valence-electron chi connectivity index (χ0n) is 12.6. The van der Waals surface area contributed by atoms with Crippen molar-refractivity contribution in [2.45, 2.75) is 59.0 Å². The van der Waals surface area contributed by atoms with E-state index < -0.39 is 0 Å². The molecule has 2 nitrogen and oxygen atoms in total. The fourth-order valence-electron chi connectivity index (χ4n) is 2.96. The van der Waals surface area contributed by atoms with Gasteiger partial charge in [-0.3, -0.25) is 9.69 Å². The van der Waals surface area contributed by atoms with Crippen LogP contribution in [0.25, 0.3) is 0 Å². The van der Waals surface area contributed by atoms with Gasteiger partial charge in [-0.15, -0.1) is 0 Å². The summed E-state index contributed by atoms with van der Waals surface area (Å²) in [7, 11) is 0. The highest BCUT2D eigenvalue weighted by Crippen LogP contribution is 2.23. The molecule has 1 heterocycles. The quantitative estimate of drug-likeness (QED) is 0.771. The van der Waals surface area contributed by atoms with E-state index in [9.17, 15) is 4.79 Å². The average Bonchev–Trinajstić information content (AvgIpc) is 2.37. The molecule has 1 saturated heterocycles. The van der Waals surface area contributed by atoms with Crippen LogP contribution in [0.15, 0.2) is 18.2 Å². The monoisotopic (exact) mass is 259 g/mol. The predicted molar refractivity (Wildman–Crippen MR) is 79.7 cm³/mol. The maximum absolute atomic E-state index is 12.4. The lowest BCUT2D eigenvalue weighted by atomic mass is 9.96. The molecular formula is C17H25NO. The van der Waals surface area contributed by atoms with E-state index in [1.165, 1.54) is 30.4 Å². The van der Waals surface area contributed by atoms with Crippen molar-refractivity contribution in [1.29, 1.82) is 0 Å². The van der Waals surface area contributed by atoms with E-state index in [-0.39, 0.29) is 5.78 Å². The van der Waals surface area contributed by atoms with E-state index in [4.69, 9.17) is 0 Å². The van der Waals surface area contributed by atoms with Crippen molar-refractivity contribution in [2.75, 3.05) is 6.54 Å². The molecule has 0 N–H and O–H groups in total. The molecule has 1 fully saturated rings. The molecule has 1 aromatic rings. The van der Waals surface area contributed by atoms with Gasteiger partial charge in [-0.2, -0.15) is 0 Å². The van der Waals surface area contributed by atoms with Gasteiger partial charge in [0.05, 0.1) is 6.54 Å². The van der Waals surface area contributed by atoms with Crippen molar-refractivity contribution in [3.05, 3.63) is 34.9 Å². The van der Waals surface area contributed by atoms with Crippen LogP contribution in [0.5, 0.6) is 0 Å². The Morgan fingerprint density at radius 3 is 2.37 bits per heavy atom. The third-order valence-electron chi connectivity index (χ3n) is 4.53. The molecular weight excluding hydrogens is 234 g/mol. The van der Waals surface area contributed by atoms with Crippen LogP contribution >= 0.6 is 0 Å². The summed E-state index contributed by atoms with van der Waals surface area (Å²) in [5.41, 5.74) is 3.30. The molecule has 2 atom stereocenters. The number of nitrogens with zero attached hydrogens (tertiary/aromatic N) is 1. The molecule has 0 aliphatic carbocycles. The molecule has 0 bridgehead atoms. The van der Waals surface area contributed by atoms with E-state index in [1.807, 2.05) is 18.2 Å². The topological polar surface area (TPSA) is 20.3 Å². The maximum atomic E-state index is 12.4. The van der Waals surface area contributed by atoms with Gasteiger partial charge in [0.25, 0.3) is 0 Å². The molecule has 0 aromatic heterocycles. The predicted octanol–water partition coefficient (Wildman–Crippen LogP) is 3.75. The van der Waals surface area contributed by atoms with E-state index >= 15 is 0 Å². The number of hydrogen-bond donors (Lipinski definition) is 0. The summed E-state index contributed by atoms with van der Waals surface area (Å²) in [6.45, 7) is 9.19. The molecule has 0 amide bonds. The van der Waals surface area contributed by atoms with Gasteiger partial charge in [0, 0.05) is 17.6 Å². The fourth-order valence-corrected chi connectivity index (χ4v) is 2.96. The molecule has 2 heteroatoms. The van der Waals surface area contributed by atoms with E-state index in [2.05, 4.69) is 32.6 Å². The summed E-state index contributed by atoms with van der Waals surface area (Å²) in [6, 6.07) is 7.09. The highest BCUT2D eigenvalue weighted by atomic mass is 16.1. The number of piperidine rings is 1. The smallest absolute Gasteiger partial charge is 0.176 e. The van der Waals surface area contributed by atoms with E-state index in [0.29, 0.717) is 18.6 Å². The van der Waals surface area contributed by atoms with Crippen molar-refractivity contribution >= 4 is 5.78 Å². The first kappa shape index (κ1) is 14.3. The Balaban J connectivity index is 2.09. The van der Waals surface area contributed by atoms with Crippen LogP contribution in [-0.2, 0) is 0 Å². The van der Waals surface area contributed by atoms with Crippen LogP contribution in [0.1, 0.15) is 54.6 Å². The maximum Gasteiger partial charge on any atom is 0.176 e. The molecule has 0 spiro atoms. The standard InChI is InChI=1S/C17H25NO/c1-12-8-9-16(10-13(12)2)17(19)11-18-14(3)6-5-7-15(18)4/h8-10,14-15H,5-7,11H2,1-4H3/t14-,15-/m0/s1. The number of Topliss-reactive ketones (excluding diaryl/α,β-unsaturated/α-hetero) is 1. The third-order valence-corrected chi connectivity index (χ3v) is 4.53. The Morgan fingerprint density at radius 1 is 1.16 bits per heavy atom. The summed E-state index contributed by atoms with van der Waals surface area (Å²) in [4.78, 5) is 14.8. The lowest BCUT2D eigenvalue weighted by Crippen LogP contribution is -2.46. The Labute approximate surface area is 116 Å². The second-order valence-corrected chi connectivity index (χ2v) is 6.02. The van der Waals surface area contributed by atoms with Crippen molar-refractivity contribution < 1.29 is 4.79 Å². The number of hydrogen-bond acceptors (Lipinski definition) is 2. The molecule has 0 saturated carbocycles. The molecule has 1 aliphatic heterocycles. The number of rotatable bonds is 3. The summed E-state index contributed by atoms with van der Waals surface area (Å²) < 4.78 is 0. The number of likely N-dealkylation sites (tertiary alicyclic amines) is 1. The van der Waals surface area contributed by atoms with Crippen molar-refractivity contribution in [3.63, 3.8) is 0 Å². The summed E-state index contributed by atoms with van der Waals surface area (Å²) in [6.07, 6.45) is 3.71. The van der Waals surface area contributed by atoms with Crippen LogP contribution in [0.4, 0.5) is 0 Å². The lowest BCUT2D eigenvalue weighted by molar-refractivity contribution is 0.0734. The zero-order chi connectivity index (χ0) is 14.0. The summed E-state index contributed by atoms with van der Waals surface area (Å²) in [5, 5.41) is 0. The van der Waals surface area contributed by atoms with Gasteiger partial charge >= 0.3 is 0 Å². The molecule has 2 rings (SSSR count).